The molecule has 0 amide bonds. The van der Waals surface area contributed by atoms with E-state index in [-0.39, 0.29) is 0 Å². The van der Waals surface area contributed by atoms with Crippen LogP contribution < -0.4 is 10.1 Å². The van der Waals surface area contributed by atoms with Gasteiger partial charge in [-0.2, -0.15) is 0 Å². The fraction of sp³-hybridized carbons (Fsp3) is 0.286. The van der Waals surface area contributed by atoms with Crippen molar-refractivity contribution in [3.05, 3.63) is 35.1 Å². The van der Waals surface area contributed by atoms with Gasteiger partial charge in [-0.1, -0.05) is 40.7 Å². The van der Waals surface area contributed by atoms with Gasteiger partial charge in [0.2, 0.25) is 0 Å². The van der Waals surface area contributed by atoms with Gasteiger partial charge < -0.3 is 10.1 Å². The number of hydrogen-bond donors (Lipinski definition) is 1. The van der Waals surface area contributed by atoms with E-state index in [9.17, 15) is 0 Å². The molecule has 0 aliphatic heterocycles. The molecule has 0 fully saturated rings. The predicted molar refractivity (Wildman–Crippen MR) is 85.6 cm³/mol. The van der Waals surface area contributed by atoms with Crippen LogP contribution in [-0.2, 0) is 0 Å². The van der Waals surface area contributed by atoms with Crippen molar-refractivity contribution in [2.45, 2.75) is 23.3 Å². The molecule has 0 saturated heterocycles. The molecule has 0 radical (unpaired) electrons. The van der Waals surface area contributed by atoms with Crippen molar-refractivity contribution in [3.8, 4) is 5.75 Å². The molecule has 0 atom stereocenters. The molecule has 1 aromatic carbocycles. The summed E-state index contributed by atoms with van der Waals surface area (Å²) in [7, 11) is 1.64. The van der Waals surface area contributed by atoms with Crippen LogP contribution in [0.25, 0.3) is 0 Å². The topological polar surface area (TPSA) is 47.0 Å². The van der Waals surface area contributed by atoms with Crippen LogP contribution in [-0.4, -0.2) is 23.6 Å². The highest BCUT2D eigenvalue weighted by atomic mass is 79.9. The molecule has 2 aromatic rings. The van der Waals surface area contributed by atoms with Gasteiger partial charge in [-0.15, -0.1) is 0 Å². The van der Waals surface area contributed by atoms with Crippen LogP contribution in [0.1, 0.15) is 13.3 Å². The fourth-order valence-corrected chi connectivity index (χ4v) is 3.10. The van der Waals surface area contributed by atoms with Crippen LogP contribution in [0.2, 0.25) is 0 Å². The monoisotopic (exact) mass is 353 g/mol. The van der Waals surface area contributed by atoms with Crippen molar-refractivity contribution in [1.29, 1.82) is 0 Å². The van der Waals surface area contributed by atoms with E-state index in [1.165, 1.54) is 0 Å². The average Bonchev–Trinajstić information content (AvgIpc) is 2.45. The number of nitrogens with one attached hydrogen (secondary N) is 1. The van der Waals surface area contributed by atoms with Gasteiger partial charge in [0.1, 0.15) is 11.4 Å². The van der Waals surface area contributed by atoms with E-state index < -0.39 is 0 Å². The molecule has 0 unspecified atom stereocenters. The molecule has 0 aliphatic rings. The number of hydrogen-bond acceptors (Lipinski definition) is 5. The van der Waals surface area contributed by atoms with Crippen LogP contribution in [0.15, 0.2) is 45.0 Å². The second kappa shape index (κ2) is 7.50. The second-order valence-electron chi connectivity index (χ2n) is 4.05. The third kappa shape index (κ3) is 3.86. The van der Waals surface area contributed by atoms with Gasteiger partial charge in [-0.25, -0.2) is 9.97 Å². The van der Waals surface area contributed by atoms with Crippen molar-refractivity contribution >= 4 is 33.5 Å². The third-order valence-corrected chi connectivity index (χ3v) is 4.00. The average molecular weight is 354 g/mol. The summed E-state index contributed by atoms with van der Waals surface area (Å²) in [5, 5.41) is 4.06. The van der Waals surface area contributed by atoms with Crippen molar-refractivity contribution in [2.75, 3.05) is 19.0 Å². The molecule has 1 N–H and O–H groups in total. The summed E-state index contributed by atoms with van der Waals surface area (Å²) in [4.78, 5) is 9.65. The summed E-state index contributed by atoms with van der Waals surface area (Å²) >= 11 is 5.02. The lowest BCUT2D eigenvalue weighted by atomic mass is 10.4. The van der Waals surface area contributed by atoms with E-state index in [2.05, 4.69) is 38.1 Å². The maximum Gasteiger partial charge on any atom is 0.194 e. The maximum absolute atomic E-state index is 5.46. The third-order valence-electron chi connectivity index (χ3n) is 2.53. The highest BCUT2D eigenvalue weighted by molar-refractivity contribution is 9.10. The first-order valence-corrected chi connectivity index (χ1v) is 7.91. The summed E-state index contributed by atoms with van der Waals surface area (Å²) in [6, 6.07) is 8.08. The Morgan fingerprint density at radius 2 is 2.20 bits per heavy atom. The molecule has 1 aromatic heterocycles. The normalized spacial score (nSPS) is 10.3. The van der Waals surface area contributed by atoms with Gasteiger partial charge in [-0.05, 0) is 24.6 Å². The zero-order valence-electron chi connectivity index (χ0n) is 11.4. The van der Waals surface area contributed by atoms with E-state index in [4.69, 9.17) is 4.74 Å². The summed E-state index contributed by atoms with van der Waals surface area (Å²) in [6.45, 7) is 2.96. The molecule has 0 spiro atoms. The van der Waals surface area contributed by atoms with Crippen molar-refractivity contribution < 1.29 is 4.74 Å². The number of rotatable bonds is 6. The number of halogens is 1. The summed E-state index contributed by atoms with van der Waals surface area (Å²) in [5.41, 5.74) is 0. The van der Waals surface area contributed by atoms with Crippen molar-refractivity contribution in [2.24, 2.45) is 0 Å². The summed E-state index contributed by atoms with van der Waals surface area (Å²) in [6.07, 6.45) is 2.59. The first-order chi connectivity index (χ1) is 9.74. The lowest BCUT2D eigenvalue weighted by Crippen LogP contribution is -2.05. The van der Waals surface area contributed by atoms with Crippen LogP contribution in [0, 0.1) is 0 Å². The van der Waals surface area contributed by atoms with E-state index in [1.54, 1.807) is 25.2 Å². The highest BCUT2D eigenvalue weighted by Gasteiger charge is 2.13. The molecular weight excluding hydrogens is 338 g/mol. The quantitative estimate of drug-likeness (QED) is 0.787. The number of benzene rings is 1. The lowest BCUT2D eigenvalue weighted by molar-refractivity contribution is 0.400. The summed E-state index contributed by atoms with van der Waals surface area (Å²) in [5.74, 6) is 1.42. The van der Waals surface area contributed by atoms with Gasteiger partial charge in [0, 0.05) is 15.9 Å². The van der Waals surface area contributed by atoms with Crippen LogP contribution >= 0.6 is 27.7 Å². The van der Waals surface area contributed by atoms with Gasteiger partial charge in [0.25, 0.3) is 0 Å². The van der Waals surface area contributed by atoms with E-state index in [0.717, 1.165) is 33.2 Å². The number of nitrogens with zero attached hydrogens (tertiary/aromatic N) is 2. The Balaban J connectivity index is 2.26. The Kier molecular flexibility index (Phi) is 5.67. The minimum Gasteiger partial charge on any atom is -0.490 e. The Labute approximate surface area is 131 Å². The first-order valence-electron chi connectivity index (χ1n) is 6.31. The molecule has 6 heteroatoms. The van der Waals surface area contributed by atoms with Crippen LogP contribution in [0.4, 0.5) is 5.82 Å². The molecule has 0 saturated carbocycles. The molecule has 20 heavy (non-hydrogen) atoms. The SMILES string of the molecule is CCCNc1ncnc(Sc2cccc(Br)c2)c1OC. The maximum atomic E-state index is 5.46. The largest absolute Gasteiger partial charge is 0.490 e. The zero-order chi connectivity index (χ0) is 14.4. The summed E-state index contributed by atoms with van der Waals surface area (Å²) < 4.78 is 6.50. The van der Waals surface area contributed by atoms with Crippen molar-refractivity contribution in [1.82, 2.24) is 9.97 Å². The molecule has 0 bridgehead atoms. The number of ether oxygens (including phenoxy) is 1. The minimum atomic E-state index is 0.686. The Bertz CT molecular complexity index is 580. The van der Waals surface area contributed by atoms with Gasteiger partial charge in [0.05, 0.1) is 7.11 Å². The molecule has 106 valence electrons. The first kappa shape index (κ1) is 15.1. The van der Waals surface area contributed by atoms with Gasteiger partial charge in [-0.3, -0.25) is 0 Å². The number of methoxy groups -OCH3 is 1. The molecule has 1 heterocycles. The number of aromatic nitrogens is 2. The Hall–Kier alpha value is -1.27. The van der Waals surface area contributed by atoms with Crippen molar-refractivity contribution in [3.63, 3.8) is 0 Å². The fourth-order valence-electron chi connectivity index (χ4n) is 1.63. The Morgan fingerprint density at radius 3 is 2.90 bits per heavy atom. The van der Waals surface area contributed by atoms with E-state index in [1.807, 2.05) is 24.3 Å². The Morgan fingerprint density at radius 1 is 1.35 bits per heavy atom. The smallest absolute Gasteiger partial charge is 0.194 e. The van der Waals surface area contributed by atoms with Crippen LogP contribution in [0.3, 0.4) is 0 Å². The minimum absolute atomic E-state index is 0.686. The van der Waals surface area contributed by atoms with E-state index in [0.29, 0.717) is 5.75 Å². The molecule has 2 rings (SSSR count). The lowest BCUT2D eigenvalue weighted by Gasteiger charge is -2.12. The molecular formula is C14H16BrN3OS. The number of anilines is 1. The van der Waals surface area contributed by atoms with Gasteiger partial charge >= 0.3 is 0 Å². The second-order valence-corrected chi connectivity index (χ2v) is 6.02. The highest BCUT2D eigenvalue weighted by Crippen LogP contribution is 2.37. The standard InChI is InChI=1S/C14H16BrN3OS/c1-3-7-16-13-12(19-2)14(18-9-17-13)20-11-6-4-5-10(15)8-11/h4-6,8-9H,3,7H2,1-2H3,(H,16,17,18). The zero-order valence-corrected chi connectivity index (χ0v) is 13.8. The predicted octanol–water partition coefficient (Wildman–Crippen LogP) is 4.22. The molecule has 4 nitrogen and oxygen atoms in total. The van der Waals surface area contributed by atoms with Crippen LogP contribution in [0.5, 0.6) is 5.75 Å². The molecule has 0 aliphatic carbocycles. The van der Waals surface area contributed by atoms with E-state index >= 15 is 0 Å². The van der Waals surface area contributed by atoms with Gasteiger partial charge in [0.15, 0.2) is 11.6 Å².